The molecular formula is C7H15NO4. The summed E-state index contributed by atoms with van der Waals surface area (Å²) in [7, 11) is 0. The summed E-state index contributed by atoms with van der Waals surface area (Å²) in [4.78, 5) is 10.6. The summed E-state index contributed by atoms with van der Waals surface area (Å²) < 4.78 is 4.56. The molecule has 1 amide bonds. The minimum Gasteiger partial charge on any atom is -0.450 e. The molecule has 3 N–H and O–H groups in total. The van der Waals surface area contributed by atoms with E-state index in [1.807, 2.05) is 0 Å². The molecule has 0 saturated heterocycles. The molecule has 0 saturated carbocycles. The summed E-state index contributed by atoms with van der Waals surface area (Å²) in [6, 6.07) is 0. The molecular weight excluding hydrogens is 162 g/mol. The van der Waals surface area contributed by atoms with Crippen LogP contribution in [0, 0.1) is 0 Å². The molecule has 5 nitrogen and oxygen atoms in total. The Morgan fingerprint density at radius 1 is 1.67 bits per heavy atom. The molecule has 0 radical (unpaired) electrons. The first-order valence-electron chi connectivity index (χ1n) is 3.90. The first kappa shape index (κ1) is 11.2. The van der Waals surface area contributed by atoms with Crippen molar-refractivity contribution >= 4 is 6.09 Å². The largest absolute Gasteiger partial charge is 0.450 e. The number of nitrogens with one attached hydrogen (secondary N) is 1. The molecule has 72 valence electrons. The lowest BCUT2D eigenvalue weighted by Crippen LogP contribution is -2.28. The molecule has 0 bridgehead atoms. The van der Waals surface area contributed by atoms with Crippen LogP contribution in [0.2, 0.25) is 0 Å². The lowest BCUT2D eigenvalue weighted by molar-refractivity contribution is 0.0871. The van der Waals surface area contributed by atoms with Crippen LogP contribution in [0.15, 0.2) is 0 Å². The second-order valence-electron chi connectivity index (χ2n) is 2.27. The van der Waals surface area contributed by atoms with E-state index in [1.165, 1.54) is 0 Å². The smallest absolute Gasteiger partial charge is 0.407 e. The third-order valence-electron chi connectivity index (χ3n) is 1.23. The molecule has 0 rings (SSSR count). The summed E-state index contributed by atoms with van der Waals surface area (Å²) in [5.74, 6) is 0. The molecule has 0 aromatic carbocycles. The van der Waals surface area contributed by atoms with E-state index in [1.54, 1.807) is 6.92 Å². The van der Waals surface area contributed by atoms with Crippen molar-refractivity contribution in [1.82, 2.24) is 5.32 Å². The lowest BCUT2D eigenvalue weighted by Gasteiger charge is -2.07. The first-order valence-corrected chi connectivity index (χ1v) is 3.90. The third-order valence-corrected chi connectivity index (χ3v) is 1.23. The Bertz CT molecular complexity index is 129. The molecule has 0 spiro atoms. The van der Waals surface area contributed by atoms with Crippen LogP contribution in [0.5, 0.6) is 0 Å². The van der Waals surface area contributed by atoms with Crippen molar-refractivity contribution in [3.8, 4) is 0 Å². The number of amides is 1. The van der Waals surface area contributed by atoms with Crippen LogP contribution in [0.3, 0.4) is 0 Å². The molecule has 0 aromatic heterocycles. The minimum atomic E-state index is -0.771. The van der Waals surface area contributed by atoms with Gasteiger partial charge in [-0.15, -0.1) is 0 Å². The van der Waals surface area contributed by atoms with Crippen LogP contribution >= 0.6 is 0 Å². The number of ether oxygens (including phenoxy) is 1. The van der Waals surface area contributed by atoms with Gasteiger partial charge in [-0.2, -0.15) is 0 Å². The SMILES string of the molecule is CCOC(=O)NCC[C@H](O)CO. The predicted octanol–water partition coefficient (Wildman–Crippen LogP) is -0.524. The summed E-state index contributed by atoms with van der Waals surface area (Å²) in [6.07, 6.45) is -0.940. The molecule has 0 heterocycles. The van der Waals surface area contributed by atoms with Crippen molar-refractivity contribution in [3.63, 3.8) is 0 Å². The Morgan fingerprint density at radius 3 is 2.83 bits per heavy atom. The summed E-state index contributed by atoms with van der Waals surface area (Å²) in [5.41, 5.74) is 0. The number of hydrogen-bond acceptors (Lipinski definition) is 4. The number of aliphatic hydroxyl groups excluding tert-OH is 2. The van der Waals surface area contributed by atoms with Crippen LogP contribution < -0.4 is 5.32 Å². The molecule has 12 heavy (non-hydrogen) atoms. The zero-order valence-corrected chi connectivity index (χ0v) is 7.12. The number of carbonyl (C=O) groups is 1. The first-order chi connectivity index (χ1) is 5.70. The lowest BCUT2D eigenvalue weighted by atomic mass is 10.3. The highest BCUT2D eigenvalue weighted by Crippen LogP contribution is 1.87. The molecule has 0 unspecified atom stereocenters. The van der Waals surface area contributed by atoms with E-state index in [0.717, 1.165) is 0 Å². The van der Waals surface area contributed by atoms with Gasteiger partial charge in [0.2, 0.25) is 0 Å². The molecule has 0 aliphatic rings. The Hall–Kier alpha value is -0.810. The van der Waals surface area contributed by atoms with Gasteiger partial charge in [-0.25, -0.2) is 4.79 Å². The summed E-state index contributed by atoms with van der Waals surface area (Å²) in [6.45, 7) is 2.06. The van der Waals surface area contributed by atoms with Crippen LogP contribution in [0.4, 0.5) is 4.79 Å². The van der Waals surface area contributed by atoms with Gasteiger partial charge in [0.05, 0.1) is 19.3 Å². The van der Waals surface area contributed by atoms with E-state index >= 15 is 0 Å². The maximum Gasteiger partial charge on any atom is 0.407 e. The monoisotopic (exact) mass is 177 g/mol. The highest BCUT2D eigenvalue weighted by atomic mass is 16.5. The van der Waals surface area contributed by atoms with Gasteiger partial charge < -0.3 is 20.3 Å². The van der Waals surface area contributed by atoms with Crippen molar-refractivity contribution in [1.29, 1.82) is 0 Å². The van der Waals surface area contributed by atoms with Gasteiger partial charge in [-0.3, -0.25) is 0 Å². The van der Waals surface area contributed by atoms with Crippen molar-refractivity contribution in [2.45, 2.75) is 19.4 Å². The van der Waals surface area contributed by atoms with E-state index in [0.29, 0.717) is 19.6 Å². The zero-order valence-electron chi connectivity index (χ0n) is 7.12. The standard InChI is InChI=1S/C7H15NO4/c1-2-12-7(11)8-4-3-6(10)5-9/h6,9-10H,2-5H2,1H3,(H,8,11)/t6-/m0/s1. The average molecular weight is 177 g/mol. The topological polar surface area (TPSA) is 78.8 Å². The average Bonchev–Trinajstić information content (AvgIpc) is 2.04. The minimum absolute atomic E-state index is 0.287. The van der Waals surface area contributed by atoms with Crippen molar-refractivity contribution in [3.05, 3.63) is 0 Å². The van der Waals surface area contributed by atoms with Crippen molar-refractivity contribution in [2.75, 3.05) is 19.8 Å². The predicted molar refractivity (Wildman–Crippen MR) is 42.7 cm³/mol. The number of carbonyl (C=O) groups excluding carboxylic acids is 1. The fourth-order valence-corrected chi connectivity index (χ4v) is 0.614. The van der Waals surface area contributed by atoms with Crippen molar-refractivity contribution < 1.29 is 19.7 Å². The highest BCUT2D eigenvalue weighted by Gasteiger charge is 2.03. The number of rotatable bonds is 5. The van der Waals surface area contributed by atoms with Crippen molar-refractivity contribution in [2.24, 2.45) is 0 Å². The van der Waals surface area contributed by atoms with Crippen LogP contribution in [-0.4, -0.2) is 42.2 Å². The van der Waals surface area contributed by atoms with Gasteiger partial charge in [0.25, 0.3) is 0 Å². The van der Waals surface area contributed by atoms with Gasteiger partial charge in [-0.1, -0.05) is 0 Å². The molecule has 0 aliphatic heterocycles. The van der Waals surface area contributed by atoms with Gasteiger partial charge in [0.15, 0.2) is 0 Å². The maximum absolute atomic E-state index is 10.6. The molecule has 0 aromatic rings. The van der Waals surface area contributed by atoms with E-state index < -0.39 is 12.2 Å². The molecule has 1 atom stereocenters. The number of hydrogen-bond donors (Lipinski definition) is 3. The number of aliphatic hydroxyl groups is 2. The Morgan fingerprint density at radius 2 is 2.33 bits per heavy atom. The van der Waals surface area contributed by atoms with Crippen LogP contribution in [0.25, 0.3) is 0 Å². The van der Waals surface area contributed by atoms with E-state index in [9.17, 15) is 4.79 Å². The van der Waals surface area contributed by atoms with Crippen LogP contribution in [0.1, 0.15) is 13.3 Å². The molecule has 0 aliphatic carbocycles. The fraction of sp³-hybridized carbons (Fsp3) is 0.857. The Labute approximate surface area is 71.3 Å². The number of alkyl carbamates (subject to hydrolysis) is 1. The second-order valence-corrected chi connectivity index (χ2v) is 2.27. The molecule has 0 fully saturated rings. The van der Waals surface area contributed by atoms with Crippen LogP contribution in [-0.2, 0) is 4.74 Å². The Kier molecular flexibility index (Phi) is 6.41. The third kappa shape index (κ3) is 5.94. The maximum atomic E-state index is 10.6. The Balaban J connectivity index is 3.24. The zero-order chi connectivity index (χ0) is 9.40. The van der Waals surface area contributed by atoms with Gasteiger partial charge in [0, 0.05) is 6.54 Å². The second kappa shape index (κ2) is 6.87. The van der Waals surface area contributed by atoms with E-state index in [2.05, 4.69) is 10.1 Å². The normalized spacial score (nSPS) is 12.2. The summed E-state index contributed by atoms with van der Waals surface area (Å²) >= 11 is 0. The van der Waals surface area contributed by atoms with Gasteiger partial charge in [0.1, 0.15) is 0 Å². The molecule has 5 heteroatoms. The summed E-state index contributed by atoms with van der Waals surface area (Å²) in [5, 5.41) is 19.7. The van der Waals surface area contributed by atoms with Gasteiger partial charge >= 0.3 is 6.09 Å². The van der Waals surface area contributed by atoms with E-state index in [-0.39, 0.29) is 6.61 Å². The quantitative estimate of drug-likeness (QED) is 0.527. The fourth-order valence-electron chi connectivity index (χ4n) is 0.614. The highest BCUT2D eigenvalue weighted by molar-refractivity contribution is 5.66. The van der Waals surface area contributed by atoms with E-state index in [4.69, 9.17) is 10.2 Å². The van der Waals surface area contributed by atoms with Gasteiger partial charge in [-0.05, 0) is 13.3 Å².